The van der Waals surface area contributed by atoms with Gasteiger partial charge in [-0.05, 0) is 49.6 Å². The number of para-hydroxylation sites is 1. The van der Waals surface area contributed by atoms with Crippen LogP contribution in [-0.4, -0.2) is 28.2 Å². The van der Waals surface area contributed by atoms with Gasteiger partial charge in [0, 0.05) is 18.8 Å². The smallest absolute Gasteiger partial charge is 0.274 e. The molecule has 1 N–H and O–H groups in total. The van der Waals surface area contributed by atoms with Crippen LogP contribution in [0.4, 0.5) is 5.69 Å². The third-order valence-electron chi connectivity index (χ3n) is 4.81. The number of benzene rings is 2. The van der Waals surface area contributed by atoms with E-state index in [4.69, 9.17) is 0 Å². The summed E-state index contributed by atoms with van der Waals surface area (Å²) in [6.07, 6.45) is 0. The first-order valence-corrected chi connectivity index (χ1v) is 9.67. The first kappa shape index (κ1) is 20.3. The molecule has 148 valence electrons. The summed E-state index contributed by atoms with van der Waals surface area (Å²) in [5.74, 6) is -0.527. The van der Waals surface area contributed by atoms with Crippen molar-refractivity contribution in [1.82, 2.24) is 9.88 Å². The molecule has 0 saturated heterocycles. The Bertz CT molecular complexity index is 995. The molecule has 1 heterocycles. The van der Waals surface area contributed by atoms with Crippen LogP contribution >= 0.6 is 0 Å². The van der Waals surface area contributed by atoms with Gasteiger partial charge in [-0.15, -0.1) is 0 Å². The van der Waals surface area contributed by atoms with Crippen LogP contribution in [0, 0.1) is 13.8 Å². The number of aryl methyl sites for hydroxylation is 2. The molecule has 0 aliphatic rings. The highest BCUT2D eigenvalue weighted by Gasteiger charge is 2.18. The number of pyridine rings is 1. The normalized spacial score (nSPS) is 10.4. The van der Waals surface area contributed by atoms with Crippen molar-refractivity contribution in [3.8, 4) is 0 Å². The highest BCUT2D eigenvalue weighted by atomic mass is 16.2. The van der Waals surface area contributed by atoms with E-state index in [1.807, 2.05) is 69.3 Å². The quantitative estimate of drug-likeness (QED) is 0.672. The third-order valence-corrected chi connectivity index (χ3v) is 4.81. The average molecular weight is 387 g/mol. The number of hydrogen-bond donors (Lipinski definition) is 1. The molecular formula is C24H25N3O2. The molecule has 5 nitrogen and oxygen atoms in total. The van der Waals surface area contributed by atoms with E-state index in [1.165, 1.54) is 0 Å². The Kier molecular flexibility index (Phi) is 6.39. The molecule has 0 fully saturated rings. The van der Waals surface area contributed by atoms with Crippen LogP contribution in [0.1, 0.15) is 44.6 Å². The molecular weight excluding hydrogens is 362 g/mol. The zero-order valence-corrected chi connectivity index (χ0v) is 17.0. The largest absolute Gasteiger partial charge is 0.333 e. The lowest BCUT2D eigenvalue weighted by Gasteiger charge is -2.21. The van der Waals surface area contributed by atoms with Gasteiger partial charge in [0.05, 0.1) is 0 Å². The second-order valence-corrected chi connectivity index (χ2v) is 6.93. The standard InChI is InChI=1S/C24H25N3O2/c1-4-27(16-19-12-6-5-7-13-19)24(29)21-15-9-14-20(25-21)23(28)26-22-17(2)10-8-11-18(22)3/h5-15H,4,16H2,1-3H3,(H,26,28). The highest BCUT2D eigenvalue weighted by molar-refractivity contribution is 6.04. The molecule has 0 bridgehead atoms. The number of rotatable bonds is 6. The van der Waals surface area contributed by atoms with Crippen molar-refractivity contribution in [3.63, 3.8) is 0 Å². The predicted octanol–water partition coefficient (Wildman–Crippen LogP) is 4.61. The van der Waals surface area contributed by atoms with Crippen molar-refractivity contribution in [3.05, 3.63) is 94.8 Å². The summed E-state index contributed by atoms with van der Waals surface area (Å²) < 4.78 is 0. The summed E-state index contributed by atoms with van der Waals surface area (Å²) in [5, 5.41) is 2.92. The molecule has 2 aromatic carbocycles. The van der Waals surface area contributed by atoms with Crippen LogP contribution in [0.5, 0.6) is 0 Å². The van der Waals surface area contributed by atoms with Gasteiger partial charge >= 0.3 is 0 Å². The van der Waals surface area contributed by atoms with Crippen molar-refractivity contribution >= 4 is 17.5 Å². The van der Waals surface area contributed by atoms with Gasteiger partial charge in [-0.2, -0.15) is 0 Å². The molecule has 3 rings (SSSR count). The first-order valence-electron chi connectivity index (χ1n) is 9.67. The van der Waals surface area contributed by atoms with Crippen LogP contribution in [0.25, 0.3) is 0 Å². The fraction of sp³-hybridized carbons (Fsp3) is 0.208. The van der Waals surface area contributed by atoms with Crippen LogP contribution < -0.4 is 5.32 Å². The van der Waals surface area contributed by atoms with Gasteiger partial charge in [-0.25, -0.2) is 4.98 Å². The van der Waals surface area contributed by atoms with Crippen molar-refractivity contribution < 1.29 is 9.59 Å². The highest BCUT2D eigenvalue weighted by Crippen LogP contribution is 2.20. The molecule has 0 saturated carbocycles. The average Bonchev–Trinajstić information content (AvgIpc) is 2.75. The summed E-state index contributed by atoms with van der Waals surface area (Å²) in [4.78, 5) is 31.7. The summed E-state index contributed by atoms with van der Waals surface area (Å²) in [6.45, 7) is 6.86. The predicted molar refractivity (Wildman–Crippen MR) is 115 cm³/mol. The summed E-state index contributed by atoms with van der Waals surface area (Å²) in [5.41, 5.74) is 4.25. The summed E-state index contributed by atoms with van der Waals surface area (Å²) in [7, 11) is 0. The third kappa shape index (κ3) is 4.88. The molecule has 29 heavy (non-hydrogen) atoms. The van der Waals surface area contributed by atoms with Gasteiger partial charge in [-0.3, -0.25) is 9.59 Å². The van der Waals surface area contributed by atoms with Crippen molar-refractivity contribution in [2.24, 2.45) is 0 Å². The Balaban J connectivity index is 1.79. The Morgan fingerprint density at radius 2 is 1.48 bits per heavy atom. The number of nitrogens with zero attached hydrogens (tertiary/aromatic N) is 2. The second kappa shape index (κ2) is 9.15. The maximum atomic E-state index is 13.0. The maximum absolute atomic E-state index is 13.0. The zero-order valence-electron chi connectivity index (χ0n) is 17.0. The second-order valence-electron chi connectivity index (χ2n) is 6.93. The number of anilines is 1. The fourth-order valence-electron chi connectivity index (χ4n) is 3.16. The van der Waals surface area contributed by atoms with Gasteiger partial charge in [0.15, 0.2) is 0 Å². The van der Waals surface area contributed by atoms with E-state index < -0.39 is 0 Å². The van der Waals surface area contributed by atoms with Gasteiger partial charge in [0.25, 0.3) is 11.8 Å². The van der Waals surface area contributed by atoms with E-state index in [1.54, 1.807) is 23.1 Å². The van der Waals surface area contributed by atoms with Gasteiger partial charge in [-0.1, -0.05) is 54.6 Å². The Morgan fingerprint density at radius 3 is 2.14 bits per heavy atom. The van der Waals surface area contributed by atoms with Crippen LogP contribution in [-0.2, 0) is 6.54 Å². The molecule has 0 aliphatic carbocycles. The fourth-order valence-corrected chi connectivity index (χ4v) is 3.16. The number of carbonyl (C=O) groups excluding carboxylic acids is 2. The van der Waals surface area contributed by atoms with E-state index in [2.05, 4.69) is 10.3 Å². The summed E-state index contributed by atoms with van der Waals surface area (Å²) >= 11 is 0. The number of hydrogen-bond acceptors (Lipinski definition) is 3. The van der Waals surface area contributed by atoms with Gasteiger partial charge < -0.3 is 10.2 Å². The van der Waals surface area contributed by atoms with E-state index >= 15 is 0 Å². The Labute approximate surface area is 171 Å². The topological polar surface area (TPSA) is 62.3 Å². The molecule has 3 aromatic rings. The molecule has 0 atom stereocenters. The van der Waals surface area contributed by atoms with E-state index in [9.17, 15) is 9.59 Å². The van der Waals surface area contributed by atoms with Gasteiger partial charge in [0.2, 0.25) is 0 Å². The lowest BCUT2D eigenvalue weighted by molar-refractivity contribution is 0.0746. The van der Waals surface area contributed by atoms with E-state index in [-0.39, 0.29) is 23.2 Å². The van der Waals surface area contributed by atoms with Crippen LogP contribution in [0.15, 0.2) is 66.7 Å². The minimum atomic E-state index is -0.330. The zero-order chi connectivity index (χ0) is 20.8. The summed E-state index contributed by atoms with van der Waals surface area (Å²) in [6, 6.07) is 20.6. The number of carbonyl (C=O) groups is 2. The molecule has 0 aliphatic heterocycles. The number of amides is 2. The Hall–Kier alpha value is -3.47. The minimum Gasteiger partial charge on any atom is -0.333 e. The van der Waals surface area contributed by atoms with Crippen LogP contribution in [0.3, 0.4) is 0 Å². The van der Waals surface area contributed by atoms with Crippen LogP contribution in [0.2, 0.25) is 0 Å². The van der Waals surface area contributed by atoms with Gasteiger partial charge in [0.1, 0.15) is 11.4 Å². The van der Waals surface area contributed by atoms with E-state index in [0.717, 1.165) is 22.4 Å². The molecule has 0 radical (unpaired) electrons. The Morgan fingerprint density at radius 1 is 0.862 bits per heavy atom. The molecule has 0 spiro atoms. The minimum absolute atomic E-state index is 0.196. The number of aromatic nitrogens is 1. The van der Waals surface area contributed by atoms with E-state index in [0.29, 0.717) is 13.1 Å². The molecule has 5 heteroatoms. The lowest BCUT2D eigenvalue weighted by Crippen LogP contribution is -2.31. The lowest BCUT2D eigenvalue weighted by atomic mass is 10.1. The number of nitrogens with one attached hydrogen (secondary N) is 1. The molecule has 1 aromatic heterocycles. The molecule has 2 amide bonds. The monoisotopic (exact) mass is 387 g/mol. The molecule has 0 unspecified atom stereocenters. The SMILES string of the molecule is CCN(Cc1ccccc1)C(=O)c1cccc(C(=O)Nc2c(C)cccc2C)n1. The maximum Gasteiger partial charge on any atom is 0.274 e. The van der Waals surface area contributed by atoms with Crippen molar-refractivity contribution in [2.75, 3.05) is 11.9 Å². The first-order chi connectivity index (χ1) is 14.0. The van der Waals surface area contributed by atoms with Crippen molar-refractivity contribution in [1.29, 1.82) is 0 Å². The van der Waals surface area contributed by atoms with Crippen molar-refractivity contribution in [2.45, 2.75) is 27.3 Å².